The summed E-state index contributed by atoms with van der Waals surface area (Å²) in [6.45, 7) is 6.61. The van der Waals surface area contributed by atoms with E-state index in [1.807, 2.05) is 50.2 Å². The molecular weight excluding hydrogens is 460 g/mol. The number of hydrogen-bond acceptors (Lipinski definition) is 4. The van der Waals surface area contributed by atoms with Gasteiger partial charge in [0.2, 0.25) is 0 Å². The van der Waals surface area contributed by atoms with Crippen molar-refractivity contribution < 1.29 is 14.3 Å². The monoisotopic (exact) mass is 486 g/mol. The van der Waals surface area contributed by atoms with Crippen LogP contribution >= 0.6 is 12.2 Å². The first-order chi connectivity index (χ1) is 16.8. The maximum atomic E-state index is 11.7. The minimum absolute atomic E-state index is 0.134. The molecule has 1 fully saturated rings. The van der Waals surface area contributed by atoms with Crippen LogP contribution in [0.2, 0.25) is 0 Å². The Morgan fingerprint density at radius 2 is 1.97 bits per heavy atom. The van der Waals surface area contributed by atoms with Gasteiger partial charge in [0.1, 0.15) is 5.76 Å². The topological polar surface area (TPSA) is 83.5 Å². The molecule has 1 aromatic carbocycles. The first kappa shape index (κ1) is 22.9. The summed E-state index contributed by atoms with van der Waals surface area (Å²) >= 11 is 5.78. The van der Waals surface area contributed by atoms with Crippen molar-refractivity contribution in [3.63, 3.8) is 0 Å². The number of aryl methyl sites for hydroxylation is 2. The fourth-order valence-electron chi connectivity index (χ4n) is 4.93. The van der Waals surface area contributed by atoms with Crippen LogP contribution in [0.5, 0.6) is 0 Å². The SMILES string of the molecule is Cc1ccc(C(=O)O)cc1-n1c(C)cc([C@@H]2[C@@H](c3ccccn3)NC(=S)N2Cc2ccco2)c1C. The predicted octanol–water partition coefficient (Wildman–Crippen LogP) is 5.26. The van der Waals surface area contributed by atoms with Crippen LogP contribution in [0, 0.1) is 20.8 Å². The number of nitrogens with zero attached hydrogens (tertiary/aromatic N) is 3. The summed E-state index contributed by atoms with van der Waals surface area (Å²) in [5, 5.41) is 13.7. The molecular formula is C27H26N4O3S. The second-order valence-electron chi connectivity index (χ2n) is 8.80. The first-order valence-corrected chi connectivity index (χ1v) is 11.8. The third-order valence-electron chi connectivity index (χ3n) is 6.59. The Hall–Kier alpha value is -3.91. The normalized spacial score (nSPS) is 17.6. The molecule has 0 radical (unpaired) electrons. The number of thiocarbonyl (C=S) groups is 1. The molecule has 1 aliphatic heterocycles. The highest BCUT2D eigenvalue weighted by molar-refractivity contribution is 7.80. The Labute approximate surface area is 209 Å². The molecule has 0 unspecified atom stereocenters. The molecule has 0 saturated carbocycles. The van der Waals surface area contributed by atoms with E-state index in [-0.39, 0.29) is 17.6 Å². The van der Waals surface area contributed by atoms with E-state index < -0.39 is 5.97 Å². The summed E-state index contributed by atoms with van der Waals surface area (Å²) in [7, 11) is 0. The number of aromatic carboxylic acids is 1. The molecule has 0 amide bonds. The molecule has 0 spiro atoms. The molecule has 1 saturated heterocycles. The quantitative estimate of drug-likeness (QED) is 0.360. The van der Waals surface area contributed by atoms with Gasteiger partial charge in [-0.05, 0) is 86.6 Å². The molecule has 4 aromatic rings. The van der Waals surface area contributed by atoms with Gasteiger partial charge in [-0.25, -0.2) is 4.79 Å². The van der Waals surface area contributed by atoms with Gasteiger partial charge < -0.3 is 24.3 Å². The van der Waals surface area contributed by atoms with E-state index >= 15 is 0 Å². The van der Waals surface area contributed by atoms with Crippen molar-refractivity contribution >= 4 is 23.3 Å². The van der Waals surface area contributed by atoms with E-state index in [0.29, 0.717) is 11.7 Å². The van der Waals surface area contributed by atoms with Crippen molar-refractivity contribution in [2.45, 2.75) is 39.4 Å². The largest absolute Gasteiger partial charge is 0.478 e. The zero-order valence-corrected chi connectivity index (χ0v) is 20.5. The van der Waals surface area contributed by atoms with E-state index in [1.165, 1.54) is 0 Å². The smallest absolute Gasteiger partial charge is 0.335 e. The van der Waals surface area contributed by atoms with Crippen LogP contribution in [0.4, 0.5) is 0 Å². The molecule has 35 heavy (non-hydrogen) atoms. The van der Waals surface area contributed by atoms with Gasteiger partial charge in [-0.2, -0.15) is 0 Å². The highest BCUT2D eigenvalue weighted by Gasteiger charge is 2.41. The van der Waals surface area contributed by atoms with Crippen LogP contribution in [0.3, 0.4) is 0 Å². The molecule has 0 bridgehead atoms. The van der Waals surface area contributed by atoms with Gasteiger partial charge in [-0.15, -0.1) is 0 Å². The summed E-state index contributed by atoms with van der Waals surface area (Å²) in [6.07, 6.45) is 3.45. The van der Waals surface area contributed by atoms with Crippen LogP contribution in [-0.2, 0) is 6.54 Å². The number of benzene rings is 1. The number of carboxylic acids is 1. The highest BCUT2D eigenvalue weighted by atomic mass is 32.1. The van der Waals surface area contributed by atoms with Crippen molar-refractivity contribution in [2.75, 3.05) is 0 Å². The number of hydrogen-bond donors (Lipinski definition) is 2. The fourth-order valence-corrected chi connectivity index (χ4v) is 5.23. The second-order valence-corrected chi connectivity index (χ2v) is 9.19. The van der Waals surface area contributed by atoms with E-state index in [0.717, 1.165) is 39.7 Å². The van der Waals surface area contributed by atoms with Gasteiger partial charge in [-0.1, -0.05) is 12.1 Å². The number of carboxylic acid groups (broad SMARTS) is 1. The van der Waals surface area contributed by atoms with Gasteiger partial charge in [0, 0.05) is 23.3 Å². The molecule has 8 heteroatoms. The minimum atomic E-state index is -0.945. The number of aromatic nitrogens is 2. The summed E-state index contributed by atoms with van der Waals surface area (Å²) in [5.74, 6) is -0.126. The lowest BCUT2D eigenvalue weighted by Gasteiger charge is -2.27. The Morgan fingerprint density at radius 3 is 2.66 bits per heavy atom. The van der Waals surface area contributed by atoms with Crippen molar-refractivity contribution in [3.05, 3.63) is 107 Å². The number of nitrogens with one attached hydrogen (secondary N) is 1. The van der Waals surface area contributed by atoms with E-state index in [2.05, 4.69) is 32.8 Å². The van der Waals surface area contributed by atoms with Crippen LogP contribution < -0.4 is 5.32 Å². The van der Waals surface area contributed by atoms with Crippen LogP contribution in [0.15, 0.2) is 71.5 Å². The molecule has 0 aliphatic carbocycles. The zero-order chi connectivity index (χ0) is 24.7. The van der Waals surface area contributed by atoms with Gasteiger partial charge >= 0.3 is 5.97 Å². The van der Waals surface area contributed by atoms with Crippen LogP contribution in [-0.4, -0.2) is 30.6 Å². The van der Waals surface area contributed by atoms with Gasteiger partial charge in [0.15, 0.2) is 5.11 Å². The van der Waals surface area contributed by atoms with Crippen LogP contribution in [0.25, 0.3) is 5.69 Å². The molecule has 7 nitrogen and oxygen atoms in total. The summed E-state index contributed by atoms with van der Waals surface area (Å²) in [5.41, 5.74) is 6.14. The Morgan fingerprint density at radius 1 is 1.14 bits per heavy atom. The van der Waals surface area contributed by atoms with Crippen molar-refractivity contribution in [2.24, 2.45) is 0 Å². The third-order valence-corrected chi connectivity index (χ3v) is 6.94. The number of rotatable bonds is 6. The molecule has 3 aromatic heterocycles. The molecule has 1 aliphatic rings. The predicted molar refractivity (Wildman–Crippen MR) is 137 cm³/mol. The fraction of sp³-hybridized carbons (Fsp3) is 0.222. The highest BCUT2D eigenvalue weighted by Crippen LogP contribution is 2.42. The third kappa shape index (κ3) is 4.10. The van der Waals surface area contributed by atoms with Gasteiger partial charge in [0.25, 0.3) is 0 Å². The Bertz CT molecular complexity index is 1400. The molecule has 2 atom stereocenters. The lowest BCUT2D eigenvalue weighted by atomic mass is 9.96. The molecule has 2 N–H and O–H groups in total. The van der Waals surface area contributed by atoms with E-state index in [1.54, 1.807) is 24.6 Å². The molecule has 178 valence electrons. The maximum absolute atomic E-state index is 11.7. The van der Waals surface area contributed by atoms with Gasteiger partial charge in [0.05, 0.1) is 36.1 Å². The minimum Gasteiger partial charge on any atom is -0.478 e. The summed E-state index contributed by atoms with van der Waals surface area (Å²) in [4.78, 5) is 18.4. The van der Waals surface area contributed by atoms with Crippen molar-refractivity contribution in [3.8, 4) is 5.69 Å². The van der Waals surface area contributed by atoms with Gasteiger partial charge in [-0.3, -0.25) is 4.98 Å². The van der Waals surface area contributed by atoms with E-state index in [9.17, 15) is 9.90 Å². The standard InChI is InChI=1S/C27H26N4O3S/c1-16-9-10-19(26(32)33)14-23(16)31-17(2)13-21(18(31)3)25-24(22-8-4-5-11-28-22)29-27(35)30(25)15-20-7-6-12-34-20/h4-14,24-25H,15H2,1-3H3,(H,29,35)(H,32,33)/t24-,25-/m1/s1. The van der Waals surface area contributed by atoms with E-state index in [4.69, 9.17) is 16.6 Å². The lowest BCUT2D eigenvalue weighted by Crippen LogP contribution is -2.29. The van der Waals surface area contributed by atoms with Crippen molar-refractivity contribution in [1.29, 1.82) is 0 Å². The van der Waals surface area contributed by atoms with Crippen LogP contribution in [0.1, 0.15) is 56.4 Å². The second kappa shape index (κ2) is 9.03. The Balaban J connectivity index is 1.65. The number of pyridine rings is 1. The average molecular weight is 487 g/mol. The summed E-state index contributed by atoms with van der Waals surface area (Å²) < 4.78 is 7.77. The maximum Gasteiger partial charge on any atom is 0.335 e. The number of furan rings is 1. The zero-order valence-electron chi connectivity index (χ0n) is 19.7. The molecule has 4 heterocycles. The number of carbonyl (C=O) groups is 1. The average Bonchev–Trinajstić information content (AvgIpc) is 3.54. The lowest BCUT2D eigenvalue weighted by molar-refractivity contribution is 0.0697. The van der Waals surface area contributed by atoms with Crippen molar-refractivity contribution in [1.82, 2.24) is 19.8 Å². The first-order valence-electron chi connectivity index (χ1n) is 11.4. The summed E-state index contributed by atoms with van der Waals surface area (Å²) in [6, 6.07) is 16.8. The molecule has 5 rings (SSSR count). The Kier molecular flexibility index (Phi) is 5.90.